The van der Waals surface area contributed by atoms with Crippen LogP contribution >= 0.6 is 34.8 Å². The molecule has 0 aliphatic rings. The first-order valence-corrected chi connectivity index (χ1v) is 5.13. The zero-order valence-corrected chi connectivity index (χ0v) is 9.47. The molecule has 0 spiro atoms. The topological polar surface area (TPSA) is 12.0 Å². The monoisotopic (exact) mass is 237 g/mol. The van der Waals surface area contributed by atoms with Gasteiger partial charge in [-0.3, -0.25) is 0 Å². The fourth-order valence-corrected chi connectivity index (χ4v) is 1.58. The fraction of sp³-hybridized carbons (Fsp3) is 0.333. The van der Waals surface area contributed by atoms with Crippen LogP contribution in [0.3, 0.4) is 0 Å². The number of halogens is 3. The minimum absolute atomic E-state index is 0.429. The van der Waals surface area contributed by atoms with E-state index in [1.165, 1.54) is 0 Å². The van der Waals surface area contributed by atoms with Crippen molar-refractivity contribution >= 4 is 34.8 Å². The van der Waals surface area contributed by atoms with E-state index in [1.807, 2.05) is 13.0 Å². The molecule has 13 heavy (non-hydrogen) atoms. The smallest absolute Gasteiger partial charge is 0.0781 e. The van der Waals surface area contributed by atoms with Gasteiger partial charge in [-0.25, -0.2) is 0 Å². The molecule has 0 bridgehead atoms. The van der Waals surface area contributed by atoms with Crippen LogP contribution in [0.1, 0.15) is 12.5 Å². The average molecular weight is 239 g/mol. The van der Waals surface area contributed by atoms with Gasteiger partial charge in [-0.1, -0.05) is 47.8 Å². The van der Waals surface area contributed by atoms with E-state index in [-0.39, 0.29) is 0 Å². The van der Waals surface area contributed by atoms with Crippen molar-refractivity contribution in [2.75, 3.05) is 6.54 Å². The Kier molecular flexibility index (Phi) is 4.33. The molecule has 0 unspecified atom stereocenters. The van der Waals surface area contributed by atoms with E-state index in [0.29, 0.717) is 21.6 Å². The lowest BCUT2D eigenvalue weighted by Gasteiger charge is -2.07. The van der Waals surface area contributed by atoms with E-state index in [4.69, 9.17) is 34.8 Å². The summed E-state index contributed by atoms with van der Waals surface area (Å²) in [5.74, 6) is 0. The van der Waals surface area contributed by atoms with Crippen molar-refractivity contribution in [2.24, 2.45) is 0 Å². The summed E-state index contributed by atoms with van der Waals surface area (Å²) < 4.78 is 0. The Morgan fingerprint density at radius 1 is 1.15 bits per heavy atom. The summed E-state index contributed by atoms with van der Waals surface area (Å²) in [6.45, 7) is 3.65. The molecule has 0 saturated carbocycles. The summed E-state index contributed by atoms with van der Waals surface area (Å²) in [6, 6.07) is 3.63. The molecule has 1 aromatic carbocycles. The molecule has 1 rings (SSSR count). The van der Waals surface area contributed by atoms with E-state index in [2.05, 4.69) is 5.32 Å². The second-order valence-corrected chi connectivity index (χ2v) is 3.78. The quantitative estimate of drug-likeness (QED) is 0.791. The molecule has 1 aromatic rings. The number of rotatable bonds is 3. The van der Waals surface area contributed by atoms with Gasteiger partial charge < -0.3 is 5.32 Å². The minimum atomic E-state index is 0.429. The Labute approximate surface area is 93.0 Å². The van der Waals surface area contributed by atoms with Gasteiger partial charge in [0.15, 0.2) is 0 Å². The maximum absolute atomic E-state index is 5.98. The summed E-state index contributed by atoms with van der Waals surface area (Å²) in [6.07, 6.45) is 0. The molecule has 0 aliphatic heterocycles. The van der Waals surface area contributed by atoms with Crippen LogP contribution in [0.15, 0.2) is 12.1 Å². The van der Waals surface area contributed by atoms with Gasteiger partial charge in [0.25, 0.3) is 0 Å². The highest BCUT2D eigenvalue weighted by molar-refractivity contribution is 6.48. The summed E-state index contributed by atoms with van der Waals surface area (Å²) in [5.41, 5.74) is 0.970. The van der Waals surface area contributed by atoms with Crippen molar-refractivity contribution in [3.05, 3.63) is 32.8 Å². The van der Waals surface area contributed by atoms with Crippen LogP contribution in [0.4, 0.5) is 0 Å². The van der Waals surface area contributed by atoms with Gasteiger partial charge in [0.1, 0.15) is 0 Å². The van der Waals surface area contributed by atoms with Crippen LogP contribution in [0.25, 0.3) is 0 Å². The molecule has 0 aromatic heterocycles. The first-order chi connectivity index (χ1) is 6.16. The van der Waals surface area contributed by atoms with Gasteiger partial charge in [0, 0.05) is 6.54 Å². The molecule has 0 saturated heterocycles. The van der Waals surface area contributed by atoms with Crippen molar-refractivity contribution in [1.29, 1.82) is 0 Å². The van der Waals surface area contributed by atoms with Gasteiger partial charge in [0.05, 0.1) is 15.1 Å². The predicted molar refractivity (Wildman–Crippen MR) is 58.9 cm³/mol. The summed E-state index contributed by atoms with van der Waals surface area (Å²) >= 11 is 17.6. The maximum atomic E-state index is 5.98. The Morgan fingerprint density at radius 2 is 1.85 bits per heavy atom. The molecule has 0 heterocycles. The Balaban J connectivity index is 2.90. The molecular formula is C9H10Cl3N. The molecule has 0 radical (unpaired) electrons. The Hall–Kier alpha value is 0.0500. The lowest BCUT2D eigenvalue weighted by atomic mass is 10.2. The lowest BCUT2D eigenvalue weighted by Crippen LogP contribution is -2.12. The van der Waals surface area contributed by atoms with Crippen LogP contribution in [0.2, 0.25) is 15.1 Å². The van der Waals surface area contributed by atoms with Crippen LogP contribution in [-0.4, -0.2) is 6.54 Å². The van der Waals surface area contributed by atoms with Gasteiger partial charge in [0.2, 0.25) is 0 Å². The standard InChI is InChI=1S/C9H10Cl3N/c1-2-13-5-6-3-4-7(10)9(12)8(6)11/h3-4,13H,2,5H2,1H3. The third kappa shape index (κ3) is 2.75. The summed E-state index contributed by atoms with van der Waals surface area (Å²) in [7, 11) is 0. The fourth-order valence-electron chi connectivity index (χ4n) is 0.962. The van der Waals surface area contributed by atoms with E-state index in [1.54, 1.807) is 6.07 Å². The zero-order chi connectivity index (χ0) is 9.84. The van der Waals surface area contributed by atoms with E-state index in [0.717, 1.165) is 12.1 Å². The molecule has 4 heteroatoms. The zero-order valence-electron chi connectivity index (χ0n) is 7.20. The minimum Gasteiger partial charge on any atom is -0.313 e. The number of benzene rings is 1. The Bertz CT molecular complexity index is 299. The van der Waals surface area contributed by atoms with Gasteiger partial charge in [-0.2, -0.15) is 0 Å². The van der Waals surface area contributed by atoms with Crippen molar-refractivity contribution in [3.63, 3.8) is 0 Å². The lowest BCUT2D eigenvalue weighted by molar-refractivity contribution is 0.727. The Morgan fingerprint density at radius 3 is 2.46 bits per heavy atom. The highest BCUT2D eigenvalue weighted by Gasteiger charge is 2.07. The second kappa shape index (κ2) is 5.06. The van der Waals surface area contributed by atoms with Crippen molar-refractivity contribution in [1.82, 2.24) is 5.32 Å². The van der Waals surface area contributed by atoms with Crippen LogP contribution in [-0.2, 0) is 6.54 Å². The van der Waals surface area contributed by atoms with E-state index in [9.17, 15) is 0 Å². The van der Waals surface area contributed by atoms with Crippen LogP contribution < -0.4 is 5.32 Å². The molecule has 1 N–H and O–H groups in total. The molecule has 1 nitrogen and oxygen atoms in total. The summed E-state index contributed by atoms with van der Waals surface area (Å²) in [4.78, 5) is 0. The van der Waals surface area contributed by atoms with E-state index >= 15 is 0 Å². The highest BCUT2D eigenvalue weighted by Crippen LogP contribution is 2.32. The molecule has 0 atom stereocenters. The molecule has 0 aliphatic carbocycles. The van der Waals surface area contributed by atoms with Crippen molar-refractivity contribution < 1.29 is 0 Å². The predicted octanol–water partition coefficient (Wildman–Crippen LogP) is 3.76. The number of nitrogens with one attached hydrogen (secondary N) is 1. The highest BCUT2D eigenvalue weighted by atomic mass is 35.5. The van der Waals surface area contributed by atoms with Crippen molar-refractivity contribution in [2.45, 2.75) is 13.5 Å². The van der Waals surface area contributed by atoms with E-state index < -0.39 is 0 Å². The first kappa shape index (κ1) is 11.1. The molecule has 0 amide bonds. The van der Waals surface area contributed by atoms with Gasteiger partial charge >= 0.3 is 0 Å². The van der Waals surface area contributed by atoms with Gasteiger partial charge in [-0.15, -0.1) is 0 Å². The number of hydrogen-bond acceptors (Lipinski definition) is 1. The van der Waals surface area contributed by atoms with Crippen LogP contribution in [0.5, 0.6) is 0 Å². The molecule has 72 valence electrons. The second-order valence-electron chi connectivity index (χ2n) is 2.61. The number of hydrogen-bond donors (Lipinski definition) is 1. The average Bonchev–Trinajstić information content (AvgIpc) is 2.13. The first-order valence-electron chi connectivity index (χ1n) is 4.00. The van der Waals surface area contributed by atoms with Gasteiger partial charge in [-0.05, 0) is 18.2 Å². The SMILES string of the molecule is CCNCc1ccc(Cl)c(Cl)c1Cl. The third-order valence-corrected chi connectivity index (χ3v) is 3.01. The van der Waals surface area contributed by atoms with Crippen molar-refractivity contribution in [3.8, 4) is 0 Å². The summed E-state index contributed by atoms with van der Waals surface area (Å²) in [5, 5.41) is 4.62. The maximum Gasteiger partial charge on any atom is 0.0781 e. The molecule has 0 fully saturated rings. The third-order valence-electron chi connectivity index (χ3n) is 1.68. The molecular weight excluding hydrogens is 228 g/mol. The largest absolute Gasteiger partial charge is 0.313 e. The normalized spacial score (nSPS) is 10.5. The van der Waals surface area contributed by atoms with Crippen LogP contribution in [0, 0.1) is 0 Å².